The molecule has 3 aliphatic heterocycles. The highest BCUT2D eigenvalue weighted by molar-refractivity contribution is 5.92. The number of nitrogens with zero attached hydrogens (tertiary/aromatic N) is 3. The third-order valence-electron chi connectivity index (χ3n) is 6.15. The summed E-state index contributed by atoms with van der Waals surface area (Å²) >= 11 is 0. The van der Waals surface area contributed by atoms with Gasteiger partial charge in [0.1, 0.15) is 5.69 Å². The number of benzene rings is 1. The maximum Gasteiger partial charge on any atom is 0.272 e. The molecule has 5 rings (SSSR count). The molecule has 5 heteroatoms. The number of pyridine rings is 1. The molecule has 3 fully saturated rings. The monoisotopic (exact) mass is 391 g/mol. The van der Waals surface area contributed by atoms with Gasteiger partial charge >= 0.3 is 0 Å². The molecule has 0 saturated carbocycles. The summed E-state index contributed by atoms with van der Waals surface area (Å²) in [6.07, 6.45) is 7.31. The van der Waals surface area contributed by atoms with Gasteiger partial charge in [0.2, 0.25) is 5.91 Å². The average molecular weight is 392 g/mol. The van der Waals surface area contributed by atoms with Crippen molar-refractivity contribution >= 4 is 11.8 Å². The third-order valence-corrected chi connectivity index (χ3v) is 6.15. The first kappa shape index (κ1) is 19.6. The molecule has 1 aromatic carbocycles. The molecule has 0 spiro atoms. The van der Waals surface area contributed by atoms with Gasteiger partial charge in [0.05, 0.1) is 0 Å². The molecule has 5 nitrogen and oxygen atoms in total. The molecule has 0 aliphatic carbocycles. The van der Waals surface area contributed by atoms with Gasteiger partial charge in [0.25, 0.3) is 5.91 Å². The van der Waals surface area contributed by atoms with Crippen LogP contribution >= 0.6 is 0 Å². The topological polar surface area (TPSA) is 53.5 Å². The molecule has 4 heterocycles. The van der Waals surface area contributed by atoms with E-state index in [4.69, 9.17) is 0 Å². The highest BCUT2D eigenvalue weighted by Crippen LogP contribution is 2.29. The molecule has 2 aromatic rings. The first-order valence-corrected chi connectivity index (χ1v) is 10.7. The summed E-state index contributed by atoms with van der Waals surface area (Å²) in [6.45, 7) is 2.14. The summed E-state index contributed by atoms with van der Waals surface area (Å²) in [4.78, 5) is 33.9. The van der Waals surface area contributed by atoms with Crippen molar-refractivity contribution in [2.75, 3.05) is 19.6 Å². The fraction of sp³-hybridized carbons (Fsp3) is 0.458. The van der Waals surface area contributed by atoms with Crippen molar-refractivity contribution in [1.82, 2.24) is 14.8 Å². The first-order chi connectivity index (χ1) is 14.2. The molecule has 3 aliphatic rings. The van der Waals surface area contributed by atoms with Gasteiger partial charge in [-0.3, -0.25) is 14.6 Å². The van der Waals surface area contributed by atoms with Gasteiger partial charge in [-0.05, 0) is 55.7 Å². The zero-order valence-corrected chi connectivity index (χ0v) is 16.9. The molecule has 29 heavy (non-hydrogen) atoms. The van der Waals surface area contributed by atoms with Crippen LogP contribution in [0.1, 0.15) is 48.2 Å². The molecule has 0 radical (unpaired) electrons. The maximum atomic E-state index is 12.9. The number of aromatic nitrogens is 1. The molecule has 1 aromatic heterocycles. The highest BCUT2D eigenvalue weighted by atomic mass is 16.2. The molecular weight excluding hydrogens is 362 g/mol. The number of amides is 2. The molecular formula is C24H29N3O2. The molecule has 0 N–H and O–H groups in total. The quantitative estimate of drug-likeness (QED) is 0.708. The fourth-order valence-electron chi connectivity index (χ4n) is 4.60. The van der Waals surface area contributed by atoms with Crippen molar-refractivity contribution < 1.29 is 9.59 Å². The van der Waals surface area contributed by atoms with E-state index in [0.29, 0.717) is 24.6 Å². The number of aryl methyl sites for hydroxylation is 1. The van der Waals surface area contributed by atoms with Gasteiger partial charge in [-0.25, -0.2) is 0 Å². The lowest BCUT2D eigenvalue weighted by Gasteiger charge is -2.36. The smallest absolute Gasteiger partial charge is 0.272 e. The molecule has 3 saturated heterocycles. The lowest BCUT2D eigenvalue weighted by molar-refractivity contribution is -0.135. The van der Waals surface area contributed by atoms with E-state index in [1.807, 2.05) is 23.1 Å². The zero-order chi connectivity index (χ0) is 20.1. The summed E-state index contributed by atoms with van der Waals surface area (Å²) in [7, 11) is 0. The zero-order valence-electron chi connectivity index (χ0n) is 16.9. The number of carbonyl (C=O) groups excluding carboxylic acids is 2. The van der Waals surface area contributed by atoms with E-state index >= 15 is 0 Å². The van der Waals surface area contributed by atoms with Crippen molar-refractivity contribution in [3.63, 3.8) is 0 Å². The van der Waals surface area contributed by atoms with Crippen molar-refractivity contribution in [3.05, 3.63) is 66.0 Å². The number of piperidine rings is 1. The minimum atomic E-state index is -0.0142. The van der Waals surface area contributed by atoms with E-state index in [-0.39, 0.29) is 17.9 Å². The molecule has 0 unspecified atom stereocenters. The lowest BCUT2D eigenvalue weighted by atomic mass is 9.94. The van der Waals surface area contributed by atoms with Gasteiger partial charge < -0.3 is 9.80 Å². The number of unbranched alkanes of at least 4 members (excludes halogenated alkanes) is 1. The third kappa shape index (κ3) is 4.84. The Morgan fingerprint density at radius 3 is 2.55 bits per heavy atom. The SMILES string of the molecule is O=C(c1ccccn1)N1C[C@@H]2CC[C@H](C1)N(C(=O)CCCCc1ccccc1)C2. The van der Waals surface area contributed by atoms with E-state index in [0.717, 1.165) is 45.2 Å². The number of hydrogen-bond donors (Lipinski definition) is 0. The number of rotatable bonds is 6. The molecule has 2 amide bonds. The maximum absolute atomic E-state index is 12.9. The Hall–Kier alpha value is -2.69. The predicted octanol–water partition coefficient (Wildman–Crippen LogP) is 3.56. The van der Waals surface area contributed by atoms with Crippen LogP contribution in [0.4, 0.5) is 0 Å². The van der Waals surface area contributed by atoms with Crippen LogP contribution in [0.5, 0.6) is 0 Å². The van der Waals surface area contributed by atoms with Crippen molar-refractivity contribution in [1.29, 1.82) is 0 Å². The minimum Gasteiger partial charge on any atom is -0.338 e. The van der Waals surface area contributed by atoms with Crippen LogP contribution in [0.3, 0.4) is 0 Å². The van der Waals surface area contributed by atoms with Gasteiger partial charge in [-0.15, -0.1) is 0 Å². The van der Waals surface area contributed by atoms with Crippen molar-refractivity contribution in [2.45, 2.75) is 44.6 Å². The Morgan fingerprint density at radius 1 is 0.931 bits per heavy atom. The summed E-state index contributed by atoms with van der Waals surface area (Å²) in [5.74, 6) is 0.606. The van der Waals surface area contributed by atoms with E-state index in [2.05, 4.69) is 34.1 Å². The van der Waals surface area contributed by atoms with Gasteiger partial charge in [0, 0.05) is 38.3 Å². The first-order valence-electron chi connectivity index (χ1n) is 10.7. The van der Waals surface area contributed by atoms with Crippen LogP contribution in [0.2, 0.25) is 0 Å². The summed E-state index contributed by atoms with van der Waals surface area (Å²) in [5, 5.41) is 0. The minimum absolute atomic E-state index is 0.0142. The lowest BCUT2D eigenvalue weighted by Crippen LogP contribution is -2.47. The summed E-state index contributed by atoms with van der Waals surface area (Å²) in [6, 6.07) is 16.0. The normalized spacial score (nSPS) is 21.1. The van der Waals surface area contributed by atoms with Crippen LogP contribution in [0.25, 0.3) is 0 Å². The highest BCUT2D eigenvalue weighted by Gasteiger charge is 2.38. The molecule has 2 atom stereocenters. The van der Waals surface area contributed by atoms with Crippen LogP contribution in [0, 0.1) is 5.92 Å². The predicted molar refractivity (Wildman–Crippen MR) is 112 cm³/mol. The Kier molecular flexibility index (Phi) is 6.23. The second-order valence-electron chi connectivity index (χ2n) is 8.26. The average Bonchev–Trinajstić information content (AvgIpc) is 3.09. The van der Waals surface area contributed by atoms with E-state index in [9.17, 15) is 9.59 Å². The van der Waals surface area contributed by atoms with Gasteiger partial charge in [0.15, 0.2) is 0 Å². The Bertz CT molecular complexity index is 825. The Balaban J connectivity index is 1.31. The van der Waals surface area contributed by atoms with Crippen molar-refractivity contribution in [3.8, 4) is 0 Å². The second-order valence-corrected chi connectivity index (χ2v) is 8.26. The van der Waals surface area contributed by atoms with Crippen LogP contribution < -0.4 is 0 Å². The number of hydrogen-bond acceptors (Lipinski definition) is 3. The Morgan fingerprint density at radius 2 is 1.76 bits per heavy atom. The van der Waals surface area contributed by atoms with Gasteiger partial charge in [-0.2, -0.15) is 0 Å². The fourth-order valence-corrected chi connectivity index (χ4v) is 4.60. The van der Waals surface area contributed by atoms with Crippen LogP contribution in [-0.4, -0.2) is 52.3 Å². The second kappa shape index (κ2) is 9.21. The van der Waals surface area contributed by atoms with Gasteiger partial charge in [-0.1, -0.05) is 36.4 Å². The van der Waals surface area contributed by atoms with Crippen LogP contribution in [-0.2, 0) is 11.2 Å². The van der Waals surface area contributed by atoms with Crippen LogP contribution in [0.15, 0.2) is 54.7 Å². The van der Waals surface area contributed by atoms with E-state index in [1.54, 1.807) is 12.3 Å². The van der Waals surface area contributed by atoms with Crippen molar-refractivity contribution in [2.24, 2.45) is 5.92 Å². The van der Waals surface area contributed by atoms with E-state index in [1.165, 1.54) is 5.56 Å². The Labute approximate surface area is 172 Å². The summed E-state index contributed by atoms with van der Waals surface area (Å²) < 4.78 is 0. The van der Waals surface area contributed by atoms with E-state index < -0.39 is 0 Å². The largest absolute Gasteiger partial charge is 0.338 e. The number of carbonyl (C=O) groups is 2. The summed E-state index contributed by atoms with van der Waals surface area (Å²) in [5.41, 5.74) is 1.82. The number of fused-ring (bicyclic) bond motifs is 4. The standard InChI is InChI=1S/C24H29N3O2/c28-23(12-5-4-10-19-8-2-1-3-9-19)27-17-20-13-14-21(27)18-26(16-20)24(29)22-11-6-7-15-25-22/h1-3,6-9,11,15,20-21H,4-5,10,12-14,16-18H2/t20-,21+/m0/s1. The molecule has 152 valence electrons. The molecule has 2 bridgehead atoms.